The second kappa shape index (κ2) is 11.0. The van der Waals surface area contributed by atoms with Crippen molar-refractivity contribution < 1.29 is 19.5 Å². The van der Waals surface area contributed by atoms with Gasteiger partial charge in [0.1, 0.15) is 11.4 Å². The van der Waals surface area contributed by atoms with Crippen LogP contribution in [0.3, 0.4) is 0 Å². The highest BCUT2D eigenvalue weighted by molar-refractivity contribution is 6.00. The molecule has 0 unspecified atom stereocenters. The van der Waals surface area contributed by atoms with Crippen LogP contribution in [0.1, 0.15) is 36.2 Å². The number of hydrogen-bond donors (Lipinski definition) is 4. The topological polar surface area (TPSA) is 103 Å². The molecule has 1 aromatic heterocycles. The molecule has 0 aliphatic carbocycles. The molecule has 7 heteroatoms. The van der Waals surface area contributed by atoms with Crippen LogP contribution in [0.5, 0.6) is 5.75 Å². The van der Waals surface area contributed by atoms with Crippen molar-refractivity contribution >= 4 is 11.8 Å². The van der Waals surface area contributed by atoms with Gasteiger partial charge < -0.3 is 15.0 Å². The number of amides is 2. The number of aromatic amines is 1. The van der Waals surface area contributed by atoms with Crippen LogP contribution in [-0.4, -0.2) is 35.7 Å². The Labute approximate surface area is 181 Å². The molecule has 0 aliphatic heterocycles. The number of hydroxylamine groups is 1. The molecule has 3 rings (SSSR count). The van der Waals surface area contributed by atoms with E-state index in [1.54, 1.807) is 12.6 Å². The van der Waals surface area contributed by atoms with Crippen LogP contribution < -0.4 is 15.5 Å². The van der Waals surface area contributed by atoms with E-state index in [-0.39, 0.29) is 12.3 Å². The van der Waals surface area contributed by atoms with Gasteiger partial charge in [0.25, 0.3) is 5.91 Å². The van der Waals surface area contributed by atoms with E-state index in [4.69, 9.17) is 9.94 Å². The van der Waals surface area contributed by atoms with Crippen molar-refractivity contribution in [1.82, 2.24) is 15.8 Å². The van der Waals surface area contributed by atoms with Gasteiger partial charge >= 0.3 is 0 Å². The van der Waals surface area contributed by atoms with E-state index in [0.717, 1.165) is 41.0 Å². The molecule has 7 nitrogen and oxygen atoms in total. The molecule has 4 N–H and O–H groups in total. The predicted molar refractivity (Wildman–Crippen MR) is 119 cm³/mol. The zero-order valence-corrected chi connectivity index (χ0v) is 17.5. The summed E-state index contributed by atoms with van der Waals surface area (Å²) in [6.45, 7) is 0.501. The molecule has 31 heavy (non-hydrogen) atoms. The van der Waals surface area contributed by atoms with Gasteiger partial charge in [-0.05, 0) is 42.2 Å². The Balaban J connectivity index is 1.73. The molecular formula is C24H27N3O4. The van der Waals surface area contributed by atoms with E-state index in [0.29, 0.717) is 18.7 Å². The summed E-state index contributed by atoms with van der Waals surface area (Å²) >= 11 is 0. The summed E-state index contributed by atoms with van der Waals surface area (Å²) in [6.07, 6.45) is 2.44. The van der Waals surface area contributed by atoms with Gasteiger partial charge in [0.2, 0.25) is 5.91 Å². The third-order valence-corrected chi connectivity index (χ3v) is 5.02. The number of H-pyrrole nitrogens is 1. The lowest BCUT2D eigenvalue weighted by Crippen LogP contribution is -2.25. The maximum atomic E-state index is 12.9. The molecular weight excluding hydrogens is 393 g/mol. The van der Waals surface area contributed by atoms with Gasteiger partial charge in [-0.25, -0.2) is 5.48 Å². The summed E-state index contributed by atoms with van der Waals surface area (Å²) in [5.41, 5.74) is 5.72. The summed E-state index contributed by atoms with van der Waals surface area (Å²) in [4.78, 5) is 27.2. The summed E-state index contributed by atoms with van der Waals surface area (Å²) in [6, 6.07) is 19.4. The van der Waals surface area contributed by atoms with Crippen LogP contribution in [-0.2, 0) is 4.79 Å². The van der Waals surface area contributed by atoms with Crippen LogP contribution in [0, 0.1) is 0 Å². The van der Waals surface area contributed by atoms with Crippen LogP contribution in [0.25, 0.3) is 22.4 Å². The first kappa shape index (κ1) is 22.1. The number of benzene rings is 2. The van der Waals surface area contributed by atoms with Crippen molar-refractivity contribution in [3.8, 4) is 28.1 Å². The molecule has 162 valence electrons. The highest BCUT2D eigenvalue weighted by Gasteiger charge is 2.17. The first-order valence-corrected chi connectivity index (χ1v) is 10.3. The van der Waals surface area contributed by atoms with Gasteiger partial charge in [0, 0.05) is 24.2 Å². The fourth-order valence-corrected chi connectivity index (χ4v) is 3.34. The minimum atomic E-state index is -0.395. The van der Waals surface area contributed by atoms with Crippen molar-refractivity contribution in [2.45, 2.75) is 25.7 Å². The smallest absolute Gasteiger partial charge is 0.268 e. The maximum Gasteiger partial charge on any atom is 0.268 e. The van der Waals surface area contributed by atoms with Crippen LogP contribution in [0.15, 0.2) is 60.7 Å². The summed E-state index contributed by atoms with van der Waals surface area (Å²) < 4.78 is 5.24. The molecule has 0 aliphatic rings. The van der Waals surface area contributed by atoms with E-state index in [2.05, 4.69) is 10.3 Å². The zero-order valence-electron chi connectivity index (χ0n) is 17.5. The Bertz CT molecular complexity index is 997. The number of carbonyl (C=O) groups excluding carboxylic acids is 2. The third kappa shape index (κ3) is 5.96. The van der Waals surface area contributed by atoms with Crippen LogP contribution >= 0.6 is 0 Å². The van der Waals surface area contributed by atoms with Gasteiger partial charge in [0.05, 0.1) is 7.11 Å². The summed E-state index contributed by atoms with van der Waals surface area (Å²) in [7, 11) is 1.62. The number of unbranched alkanes of at least 4 members (excludes halogenated alkanes) is 2. The van der Waals surface area contributed by atoms with Gasteiger partial charge in [-0.1, -0.05) is 48.9 Å². The highest BCUT2D eigenvalue weighted by atomic mass is 16.5. The lowest BCUT2D eigenvalue weighted by atomic mass is 10.0. The molecule has 1 heterocycles. The average molecular weight is 420 g/mol. The molecule has 0 spiro atoms. The van der Waals surface area contributed by atoms with Gasteiger partial charge in [-0.3, -0.25) is 14.8 Å². The Kier molecular flexibility index (Phi) is 7.84. The molecule has 0 atom stereocenters. The quantitative estimate of drug-likeness (QED) is 0.225. The van der Waals surface area contributed by atoms with Gasteiger partial charge in [-0.2, -0.15) is 0 Å². The molecule has 3 aromatic rings. The minimum absolute atomic E-state index is 0.180. The van der Waals surface area contributed by atoms with Crippen molar-refractivity contribution in [2.75, 3.05) is 13.7 Å². The molecule has 0 fully saturated rings. The van der Waals surface area contributed by atoms with Crippen LogP contribution in [0.2, 0.25) is 0 Å². The second-order valence-corrected chi connectivity index (χ2v) is 7.17. The number of nitrogens with one attached hydrogen (secondary N) is 3. The molecule has 2 aromatic carbocycles. The first-order valence-electron chi connectivity index (χ1n) is 10.3. The van der Waals surface area contributed by atoms with Crippen LogP contribution in [0.4, 0.5) is 0 Å². The standard InChI is InChI=1S/C24H27N3O4/c1-31-19-13-11-17(12-14-19)20-16-21(18-8-4-2-5-9-18)26-23(20)24(29)25-15-7-3-6-10-22(28)27-30/h2,4-5,8-9,11-14,16,26,30H,3,6-7,10,15H2,1H3,(H,25,29)(H,27,28)/i1-1. The third-order valence-electron chi connectivity index (χ3n) is 5.02. The Hall–Kier alpha value is -3.58. The van der Waals surface area contributed by atoms with E-state index >= 15 is 0 Å². The van der Waals surface area contributed by atoms with E-state index in [1.165, 1.54) is 0 Å². The van der Waals surface area contributed by atoms with E-state index in [9.17, 15) is 9.59 Å². The molecule has 0 bridgehead atoms. The van der Waals surface area contributed by atoms with Gasteiger partial charge in [-0.15, -0.1) is 0 Å². The predicted octanol–water partition coefficient (Wildman–Crippen LogP) is 4.15. The number of hydrogen-bond acceptors (Lipinski definition) is 4. The Morgan fingerprint density at radius 2 is 1.71 bits per heavy atom. The largest absolute Gasteiger partial charge is 0.497 e. The fraction of sp³-hybridized carbons (Fsp3) is 0.250. The van der Waals surface area contributed by atoms with Gasteiger partial charge in [0.15, 0.2) is 0 Å². The maximum absolute atomic E-state index is 12.9. The van der Waals surface area contributed by atoms with E-state index in [1.807, 2.05) is 60.7 Å². The number of aromatic nitrogens is 1. The highest BCUT2D eigenvalue weighted by Crippen LogP contribution is 2.31. The first-order chi connectivity index (χ1) is 15.1. The number of rotatable bonds is 10. The van der Waals surface area contributed by atoms with Crippen molar-refractivity contribution in [3.05, 3.63) is 66.4 Å². The Morgan fingerprint density at radius 3 is 2.39 bits per heavy atom. The van der Waals surface area contributed by atoms with Crippen molar-refractivity contribution in [1.29, 1.82) is 0 Å². The monoisotopic (exact) mass is 420 g/mol. The molecule has 2 amide bonds. The molecule has 0 radical (unpaired) electrons. The zero-order chi connectivity index (χ0) is 22.1. The molecule has 0 saturated heterocycles. The minimum Gasteiger partial charge on any atom is -0.497 e. The summed E-state index contributed by atoms with van der Waals surface area (Å²) in [5, 5.41) is 11.5. The Morgan fingerprint density at radius 1 is 0.968 bits per heavy atom. The summed E-state index contributed by atoms with van der Waals surface area (Å²) in [5.74, 6) is 0.178. The molecule has 0 saturated carbocycles. The second-order valence-electron chi connectivity index (χ2n) is 7.17. The number of ether oxygens (including phenoxy) is 1. The van der Waals surface area contributed by atoms with Crippen molar-refractivity contribution in [3.63, 3.8) is 0 Å². The van der Waals surface area contributed by atoms with Crippen molar-refractivity contribution in [2.24, 2.45) is 0 Å². The number of methoxy groups -OCH3 is 1. The number of carbonyl (C=O) groups is 2. The fourth-order valence-electron chi connectivity index (χ4n) is 3.34. The lowest BCUT2D eigenvalue weighted by molar-refractivity contribution is -0.129. The normalized spacial score (nSPS) is 10.5. The SMILES string of the molecule is [11CH3]Oc1ccc(-c2cc(-c3ccccc3)[nH]c2C(=O)NCCCCCC(=O)NO)cc1. The average Bonchev–Trinajstić information content (AvgIpc) is 3.27. The lowest BCUT2D eigenvalue weighted by Gasteiger charge is -2.07. The van der Waals surface area contributed by atoms with E-state index < -0.39 is 5.91 Å².